The molecule has 0 aliphatic carbocycles. The number of nitrogens with zero attached hydrogens (tertiary/aromatic N) is 1. The van der Waals surface area contributed by atoms with Crippen LogP contribution in [0.25, 0.3) is 0 Å². The van der Waals surface area contributed by atoms with E-state index in [1.54, 1.807) is 0 Å². The smallest absolute Gasteiger partial charge is 0.246 e. The summed E-state index contributed by atoms with van der Waals surface area (Å²) < 4.78 is 5.55. The van der Waals surface area contributed by atoms with Crippen LogP contribution in [0.15, 0.2) is 0 Å². The second-order valence-corrected chi connectivity index (χ2v) is 5.88. The molecule has 1 saturated heterocycles. The van der Waals surface area contributed by atoms with Gasteiger partial charge in [0.2, 0.25) is 11.8 Å². The lowest BCUT2D eigenvalue weighted by atomic mass is 10.1. The summed E-state index contributed by atoms with van der Waals surface area (Å²) in [5.41, 5.74) is 0. The number of hydrogen-bond donors (Lipinski definition) is 2. The first kappa shape index (κ1) is 17.1. The summed E-state index contributed by atoms with van der Waals surface area (Å²) in [5.74, 6) is 0.123. The first-order chi connectivity index (χ1) is 9.31. The maximum Gasteiger partial charge on any atom is 0.246 e. The van der Waals surface area contributed by atoms with Crippen LogP contribution in [-0.4, -0.2) is 60.3 Å². The fourth-order valence-electron chi connectivity index (χ4n) is 2.26. The first-order valence-corrected chi connectivity index (χ1v) is 7.14. The second kappa shape index (κ2) is 7.71. The minimum atomic E-state index is -0.682. The van der Waals surface area contributed by atoms with Crippen LogP contribution in [0.4, 0.5) is 0 Å². The Morgan fingerprint density at radius 1 is 1.40 bits per heavy atom. The second-order valence-electron chi connectivity index (χ2n) is 5.88. The van der Waals surface area contributed by atoms with Crippen LogP contribution in [-0.2, 0) is 14.3 Å². The summed E-state index contributed by atoms with van der Waals surface area (Å²) in [7, 11) is 1.47. The fourth-order valence-corrected chi connectivity index (χ4v) is 2.26. The summed E-state index contributed by atoms with van der Waals surface area (Å²) >= 11 is 0. The van der Waals surface area contributed by atoms with Crippen molar-refractivity contribution in [2.75, 3.05) is 20.2 Å². The number of amides is 2. The first-order valence-electron chi connectivity index (χ1n) is 7.14. The molecular weight excluding hydrogens is 260 g/mol. The van der Waals surface area contributed by atoms with Crippen molar-refractivity contribution in [3.63, 3.8) is 0 Å². The molecule has 0 aromatic heterocycles. The van der Waals surface area contributed by atoms with Crippen LogP contribution in [0, 0.1) is 5.92 Å². The van der Waals surface area contributed by atoms with Gasteiger partial charge < -0.3 is 15.2 Å². The van der Waals surface area contributed by atoms with Crippen molar-refractivity contribution in [3.05, 3.63) is 0 Å². The Hall–Kier alpha value is -0.980. The van der Waals surface area contributed by atoms with Crippen molar-refractivity contribution in [1.29, 1.82) is 0 Å². The van der Waals surface area contributed by atoms with Crippen molar-refractivity contribution < 1.29 is 19.4 Å². The molecule has 0 radical (unpaired) electrons. The van der Waals surface area contributed by atoms with E-state index in [0.29, 0.717) is 5.92 Å². The minimum absolute atomic E-state index is 0.102. The van der Waals surface area contributed by atoms with Gasteiger partial charge in [0.05, 0.1) is 31.3 Å². The third-order valence-electron chi connectivity index (χ3n) is 3.36. The lowest BCUT2D eigenvalue weighted by molar-refractivity contribution is -0.137. The number of nitrogens with one attached hydrogen (secondary N) is 1. The molecule has 3 unspecified atom stereocenters. The van der Waals surface area contributed by atoms with E-state index < -0.39 is 12.1 Å². The van der Waals surface area contributed by atoms with E-state index in [1.165, 1.54) is 7.05 Å². The average Bonchev–Trinajstić information content (AvgIpc) is 2.60. The highest BCUT2D eigenvalue weighted by molar-refractivity contribution is 6.05. The average molecular weight is 286 g/mol. The molecule has 1 aliphatic heterocycles. The number of rotatable bonds is 8. The third-order valence-corrected chi connectivity index (χ3v) is 3.36. The van der Waals surface area contributed by atoms with Crippen molar-refractivity contribution in [2.24, 2.45) is 5.92 Å². The Kier molecular flexibility index (Phi) is 6.58. The molecular formula is C14H26N2O4. The summed E-state index contributed by atoms with van der Waals surface area (Å²) in [4.78, 5) is 24.1. The zero-order valence-corrected chi connectivity index (χ0v) is 12.8. The highest BCUT2D eigenvalue weighted by Crippen LogP contribution is 2.11. The lowest BCUT2D eigenvalue weighted by Crippen LogP contribution is -2.42. The number of aliphatic hydroxyl groups excluding tert-OH is 1. The number of imide groups is 1. The van der Waals surface area contributed by atoms with E-state index in [9.17, 15) is 14.7 Å². The number of carbonyl (C=O) groups is 2. The van der Waals surface area contributed by atoms with Crippen LogP contribution >= 0.6 is 0 Å². The van der Waals surface area contributed by atoms with Gasteiger partial charge in [0.15, 0.2) is 0 Å². The molecule has 0 aromatic carbocycles. The Bertz CT molecular complexity index is 346. The minimum Gasteiger partial charge on any atom is -0.389 e. The highest BCUT2D eigenvalue weighted by atomic mass is 16.5. The molecule has 2 amide bonds. The third kappa shape index (κ3) is 5.19. The van der Waals surface area contributed by atoms with Gasteiger partial charge >= 0.3 is 0 Å². The molecule has 0 spiro atoms. The molecule has 1 rings (SSSR count). The normalized spacial score (nSPS) is 22.7. The summed E-state index contributed by atoms with van der Waals surface area (Å²) in [6.07, 6.45) is 0.525. The molecule has 20 heavy (non-hydrogen) atoms. The van der Waals surface area contributed by atoms with Gasteiger partial charge in [0.25, 0.3) is 0 Å². The van der Waals surface area contributed by atoms with Crippen molar-refractivity contribution in [2.45, 2.75) is 51.9 Å². The standard InChI is InChI=1S/C14H26N2O4/c1-9(2)5-10(3)20-8-11(17)7-15-12-6-13(18)16(4)14(12)19/h9-12,15,17H,5-8H2,1-4H3. The zero-order valence-electron chi connectivity index (χ0n) is 12.8. The Morgan fingerprint density at radius 2 is 2.05 bits per heavy atom. The van der Waals surface area contributed by atoms with Crippen LogP contribution in [0.1, 0.15) is 33.6 Å². The molecule has 116 valence electrons. The molecule has 1 fully saturated rings. The fraction of sp³-hybridized carbons (Fsp3) is 0.857. The SMILES string of the molecule is CC(C)CC(C)OCC(O)CNC1CC(=O)N(C)C1=O. The number of likely N-dealkylation sites (N-methyl/N-ethyl adjacent to an activating group) is 1. The molecule has 1 aliphatic rings. The van der Waals surface area contributed by atoms with Crippen LogP contribution in [0.3, 0.4) is 0 Å². The molecule has 0 aromatic rings. The molecule has 2 N–H and O–H groups in total. The van der Waals surface area contributed by atoms with Gasteiger partial charge in [-0.25, -0.2) is 0 Å². The predicted molar refractivity (Wildman–Crippen MR) is 75.1 cm³/mol. The summed E-state index contributed by atoms with van der Waals surface area (Å²) in [6, 6.07) is -0.518. The van der Waals surface area contributed by atoms with Gasteiger partial charge in [-0.1, -0.05) is 13.8 Å². The lowest BCUT2D eigenvalue weighted by Gasteiger charge is -2.19. The number of ether oxygens (including phenoxy) is 1. The number of carbonyl (C=O) groups excluding carboxylic acids is 2. The number of aliphatic hydroxyl groups is 1. The summed E-state index contributed by atoms with van der Waals surface area (Å²) in [6.45, 7) is 6.69. The van der Waals surface area contributed by atoms with Gasteiger partial charge in [-0.15, -0.1) is 0 Å². The maximum absolute atomic E-state index is 11.6. The van der Waals surface area contributed by atoms with Gasteiger partial charge in [0.1, 0.15) is 0 Å². The Morgan fingerprint density at radius 3 is 2.55 bits per heavy atom. The Labute approximate surface area is 120 Å². The molecule has 1 heterocycles. The van der Waals surface area contributed by atoms with E-state index in [1.807, 2.05) is 6.92 Å². The van der Waals surface area contributed by atoms with Gasteiger partial charge in [-0.2, -0.15) is 0 Å². The topological polar surface area (TPSA) is 78.9 Å². The predicted octanol–water partition coefficient (Wildman–Crippen LogP) is 0.145. The van der Waals surface area contributed by atoms with E-state index in [-0.39, 0.29) is 37.5 Å². The van der Waals surface area contributed by atoms with Gasteiger partial charge in [-0.05, 0) is 19.3 Å². The van der Waals surface area contributed by atoms with E-state index >= 15 is 0 Å². The van der Waals surface area contributed by atoms with Crippen molar-refractivity contribution >= 4 is 11.8 Å². The van der Waals surface area contributed by atoms with Crippen molar-refractivity contribution in [3.8, 4) is 0 Å². The van der Waals surface area contributed by atoms with Gasteiger partial charge in [0, 0.05) is 13.6 Å². The molecule has 0 bridgehead atoms. The van der Waals surface area contributed by atoms with Crippen LogP contribution in [0.5, 0.6) is 0 Å². The molecule has 3 atom stereocenters. The van der Waals surface area contributed by atoms with E-state index in [4.69, 9.17) is 4.74 Å². The van der Waals surface area contributed by atoms with E-state index in [0.717, 1.165) is 11.3 Å². The quantitative estimate of drug-likeness (QED) is 0.621. The number of likely N-dealkylation sites (tertiary alicyclic amines) is 1. The summed E-state index contributed by atoms with van der Waals surface area (Å²) in [5, 5.41) is 12.7. The monoisotopic (exact) mass is 286 g/mol. The Balaban J connectivity index is 2.22. The van der Waals surface area contributed by atoms with E-state index in [2.05, 4.69) is 19.2 Å². The highest BCUT2D eigenvalue weighted by Gasteiger charge is 2.35. The zero-order chi connectivity index (χ0) is 15.3. The molecule has 6 heteroatoms. The van der Waals surface area contributed by atoms with Crippen LogP contribution in [0.2, 0.25) is 0 Å². The molecule has 0 saturated carbocycles. The van der Waals surface area contributed by atoms with Gasteiger partial charge in [-0.3, -0.25) is 14.5 Å². The number of hydrogen-bond acceptors (Lipinski definition) is 5. The van der Waals surface area contributed by atoms with Crippen LogP contribution < -0.4 is 5.32 Å². The molecule has 6 nitrogen and oxygen atoms in total. The maximum atomic E-state index is 11.6. The van der Waals surface area contributed by atoms with Crippen molar-refractivity contribution in [1.82, 2.24) is 10.2 Å². The largest absolute Gasteiger partial charge is 0.389 e.